The number of hydrogen-bond acceptors (Lipinski definition) is 7. The van der Waals surface area contributed by atoms with Crippen molar-refractivity contribution in [3.63, 3.8) is 0 Å². The van der Waals surface area contributed by atoms with Gasteiger partial charge in [0.1, 0.15) is 17.1 Å². The Morgan fingerprint density at radius 2 is 1.83 bits per heavy atom. The van der Waals surface area contributed by atoms with E-state index in [1.54, 1.807) is 9.80 Å². The van der Waals surface area contributed by atoms with Crippen LogP contribution in [0.1, 0.15) is 82.3 Å². The summed E-state index contributed by atoms with van der Waals surface area (Å²) < 4.78 is 7.48. The summed E-state index contributed by atoms with van der Waals surface area (Å²) in [7, 11) is 0. The molecule has 248 valence electrons. The van der Waals surface area contributed by atoms with E-state index in [0.29, 0.717) is 55.7 Å². The van der Waals surface area contributed by atoms with Crippen molar-refractivity contribution in [3.8, 4) is 0 Å². The maximum Gasteiger partial charge on any atom is 0.410 e. The van der Waals surface area contributed by atoms with Crippen LogP contribution in [0.15, 0.2) is 24.8 Å². The van der Waals surface area contributed by atoms with E-state index in [4.69, 9.17) is 27.9 Å². The SMILES string of the molecule is C=CC(=O)N1CC(NC(=O)c2c(Cl)nc(CNc3n[nH]c4cc(Cl)c(C(C)(C)C)cc34)n2C2CCCN(C(=O)OC(C)(C)C)C2)C1. The average Bonchev–Trinajstić information content (AvgIpc) is 3.50. The van der Waals surface area contributed by atoms with Crippen molar-refractivity contribution in [2.75, 3.05) is 31.5 Å². The summed E-state index contributed by atoms with van der Waals surface area (Å²) >= 11 is 13.3. The number of H-pyrrole nitrogens is 1. The fourth-order valence-electron chi connectivity index (χ4n) is 5.87. The molecule has 1 atom stereocenters. The van der Waals surface area contributed by atoms with E-state index >= 15 is 0 Å². The summed E-state index contributed by atoms with van der Waals surface area (Å²) in [6, 6.07) is 3.37. The van der Waals surface area contributed by atoms with Crippen LogP contribution in [0.25, 0.3) is 10.9 Å². The summed E-state index contributed by atoms with van der Waals surface area (Å²) in [6.45, 7) is 17.1. The lowest BCUT2D eigenvalue weighted by Gasteiger charge is -2.39. The number of amides is 3. The van der Waals surface area contributed by atoms with Crippen LogP contribution in [0.2, 0.25) is 10.2 Å². The van der Waals surface area contributed by atoms with E-state index in [1.807, 2.05) is 37.5 Å². The van der Waals surface area contributed by atoms with Gasteiger partial charge in [-0.15, -0.1) is 0 Å². The van der Waals surface area contributed by atoms with Crippen LogP contribution in [0.4, 0.5) is 10.6 Å². The number of nitrogens with zero attached hydrogens (tertiary/aromatic N) is 5. The molecule has 5 rings (SSSR count). The third-order valence-electron chi connectivity index (χ3n) is 8.15. The summed E-state index contributed by atoms with van der Waals surface area (Å²) in [5, 5.41) is 15.5. The van der Waals surface area contributed by atoms with Gasteiger partial charge in [-0.25, -0.2) is 9.78 Å². The highest BCUT2D eigenvalue weighted by atomic mass is 35.5. The topological polar surface area (TPSA) is 137 Å². The van der Waals surface area contributed by atoms with Gasteiger partial charge in [-0.05, 0) is 62.8 Å². The predicted molar refractivity (Wildman–Crippen MR) is 178 cm³/mol. The van der Waals surface area contributed by atoms with E-state index in [1.165, 1.54) is 6.08 Å². The minimum Gasteiger partial charge on any atom is -0.444 e. The maximum atomic E-state index is 13.7. The van der Waals surface area contributed by atoms with Gasteiger partial charge in [0, 0.05) is 36.6 Å². The van der Waals surface area contributed by atoms with Gasteiger partial charge < -0.3 is 29.7 Å². The fraction of sp³-hybridized carbons (Fsp3) is 0.531. The molecule has 2 aromatic heterocycles. The molecule has 3 aromatic rings. The van der Waals surface area contributed by atoms with Gasteiger partial charge in [0.25, 0.3) is 5.91 Å². The number of halogens is 2. The van der Waals surface area contributed by atoms with Gasteiger partial charge in [0.15, 0.2) is 11.0 Å². The molecule has 4 heterocycles. The summed E-state index contributed by atoms with van der Waals surface area (Å²) in [4.78, 5) is 46.6. The lowest BCUT2D eigenvalue weighted by Crippen LogP contribution is -2.60. The van der Waals surface area contributed by atoms with Crippen LogP contribution in [-0.4, -0.2) is 85.3 Å². The van der Waals surface area contributed by atoms with Crippen LogP contribution in [0.5, 0.6) is 0 Å². The minimum absolute atomic E-state index is 0.0516. The number of carbonyl (C=O) groups is 3. The molecule has 0 saturated carbocycles. The summed E-state index contributed by atoms with van der Waals surface area (Å²) in [5.41, 5.74) is 1.16. The molecular weight excluding hydrogens is 631 g/mol. The van der Waals surface area contributed by atoms with Crippen molar-refractivity contribution in [1.82, 2.24) is 34.9 Å². The van der Waals surface area contributed by atoms with E-state index in [-0.39, 0.29) is 40.8 Å². The molecule has 1 aromatic carbocycles. The molecule has 46 heavy (non-hydrogen) atoms. The Morgan fingerprint density at radius 3 is 2.48 bits per heavy atom. The Balaban J connectivity index is 1.44. The number of anilines is 1. The second-order valence-electron chi connectivity index (χ2n) is 13.9. The minimum atomic E-state index is -0.643. The van der Waals surface area contributed by atoms with Crippen molar-refractivity contribution < 1.29 is 19.1 Å². The summed E-state index contributed by atoms with van der Waals surface area (Å²) in [6.07, 6.45) is 2.24. The second-order valence-corrected chi connectivity index (χ2v) is 14.7. The van der Waals surface area contributed by atoms with Crippen LogP contribution >= 0.6 is 23.2 Å². The van der Waals surface area contributed by atoms with E-state index in [0.717, 1.165) is 16.5 Å². The van der Waals surface area contributed by atoms with Crippen molar-refractivity contribution in [3.05, 3.63) is 52.0 Å². The molecule has 1 unspecified atom stereocenters. The number of benzene rings is 1. The van der Waals surface area contributed by atoms with Crippen LogP contribution in [0.3, 0.4) is 0 Å². The first kappa shape index (κ1) is 33.6. The monoisotopic (exact) mass is 672 g/mol. The fourth-order valence-corrected chi connectivity index (χ4v) is 6.59. The third kappa shape index (κ3) is 7.12. The number of nitrogens with one attached hydrogen (secondary N) is 3. The highest BCUT2D eigenvalue weighted by Crippen LogP contribution is 2.35. The van der Waals surface area contributed by atoms with Crippen LogP contribution < -0.4 is 10.6 Å². The van der Waals surface area contributed by atoms with Crippen molar-refractivity contribution in [1.29, 1.82) is 0 Å². The zero-order chi connectivity index (χ0) is 33.6. The molecule has 3 amide bonds. The molecule has 12 nitrogen and oxygen atoms in total. The van der Waals surface area contributed by atoms with Crippen LogP contribution in [0, 0.1) is 0 Å². The Bertz CT molecular complexity index is 1660. The third-order valence-corrected chi connectivity index (χ3v) is 8.72. The van der Waals surface area contributed by atoms with Crippen molar-refractivity contribution in [2.24, 2.45) is 0 Å². The van der Waals surface area contributed by atoms with Crippen molar-refractivity contribution in [2.45, 2.75) is 84.0 Å². The summed E-state index contributed by atoms with van der Waals surface area (Å²) in [5.74, 6) is 0.538. The Hall–Kier alpha value is -3.77. The molecule has 0 spiro atoms. The standard InChI is InChI=1S/C32H42Cl2N8O4/c1-8-25(43)41-15-18(16-41)36-29(44)26-27(34)37-24(42(26)19-10-9-11-40(17-19)30(45)46-32(5,6)7)14-35-28-20-12-21(31(2,3)4)22(33)13-23(20)38-39-28/h8,12-13,18-19H,1,9-11,14-17H2,2-7H3,(H,36,44)(H2,35,38,39). The molecular formula is C32H42Cl2N8O4. The van der Waals surface area contributed by atoms with Gasteiger partial charge in [-0.1, -0.05) is 50.6 Å². The molecule has 2 fully saturated rings. The number of piperidine rings is 1. The van der Waals surface area contributed by atoms with Gasteiger partial charge >= 0.3 is 6.09 Å². The normalized spacial score (nSPS) is 17.5. The van der Waals surface area contributed by atoms with Gasteiger partial charge in [0.05, 0.1) is 24.1 Å². The number of carbonyl (C=O) groups excluding carboxylic acids is 3. The smallest absolute Gasteiger partial charge is 0.410 e. The van der Waals surface area contributed by atoms with E-state index < -0.39 is 17.6 Å². The second kappa shape index (κ2) is 12.8. The van der Waals surface area contributed by atoms with E-state index in [2.05, 4.69) is 53.2 Å². The van der Waals surface area contributed by atoms with Gasteiger partial charge in [0.2, 0.25) is 5.91 Å². The number of aromatic amines is 1. The highest BCUT2D eigenvalue weighted by molar-refractivity contribution is 6.32. The lowest BCUT2D eigenvalue weighted by atomic mass is 9.86. The predicted octanol–water partition coefficient (Wildman–Crippen LogP) is 5.67. The Kier molecular flexibility index (Phi) is 9.34. The van der Waals surface area contributed by atoms with Crippen molar-refractivity contribution >= 4 is 57.8 Å². The Labute approximate surface area is 278 Å². The number of imidazole rings is 1. The maximum absolute atomic E-state index is 13.7. The van der Waals surface area contributed by atoms with Crippen LogP contribution in [-0.2, 0) is 21.5 Å². The number of likely N-dealkylation sites (tertiary alicyclic amines) is 2. The number of hydrogen-bond donors (Lipinski definition) is 3. The molecule has 0 aliphatic carbocycles. The largest absolute Gasteiger partial charge is 0.444 e. The molecule has 14 heteroatoms. The quantitative estimate of drug-likeness (QED) is 0.275. The number of ether oxygens (including phenoxy) is 1. The first-order valence-corrected chi connectivity index (χ1v) is 16.2. The molecule has 2 aliphatic heterocycles. The number of aromatic nitrogens is 4. The number of fused-ring (bicyclic) bond motifs is 1. The van der Waals surface area contributed by atoms with Gasteiger partial charge in [-0.3, -0.25) is 14.7 Å². The highest BCUT2D eigenvalue weighted by Gasteiger charge is 2.36. The lowest BCUT2D eigenvalue weighted by molar-refractivity contribution is -0.130. The first-order valence-electron chi connectivity index (χ1n) is 15.4. The Morgan fingerprint density at radius 1 is 1.11 bits per heavy atom. The molecule has 3 N–H and O–H groups in total. The first-order chi connectivity index (χ1) is 21.6. The molecule has 0 radical (unpaired) electrons. The average molecular weight is 674 g/mol. The van der Waals surface area contributed by atoms with Gasteiger partial charge in [-0.2, -0.15) is 5.10 Å². The zero-order valence-electron chi connectivity index (χ0n) is 27.2. The molecule has 2 saturated heterocycles. The molecule has 0 bridgehead atoms. The number of rotatable bonds is 7. The zero-order valence-corrected chi connectivity index (χ0v) is 28.7. The van der Waals surface area contributed by atoms with E-state index in [9.17, 15) is 14.4 Å². The molecule has 2 aliphatic rings.